The Kier molecular flexibility index (Phi) is 11.1. The molecule has 3 aromatic rings. The minimum atomic E-state index is -4.86. The summed E-state index contributed by atoms with van der Waals surface area (Å²) >= 11 is 5.73. The lowest BCUT2D eigenvalue weighted by atomic mass is 10.2. The zero-order chi connectivity index (χ0) is 32.6. The van der Waals surface area contributed by atoms with Crippen LogP contribution in [0.5, 0.6) is 5.75 Å². The number of aryl methyl sites for hydroxylation is 1. The molecule has 0 aromatic heterocycles. The number of anilines is 1. The minimum Gasteiger partial charge on any atom is -0.484 e. The van der Waals surface area contributed by atoms with E-state index >= 15 is 0 Å². The number of carbonyl (C=O) groups excluding carboxylic acids is 2. The Balaban J connectivity index is 1.40. The molecule has 3 aromatic carbocycles. The van der Waals surface area contributed by atoms with E-state index in [1.807, 2.05) is 0 Å². The van der Waals surface area contributed by atoms with Gasteiger partial charge in [-0.15, -0.1) is 0 Å². The number of rotatable bonds is 12. The molecule has 1 saturated heterocycles. The van der Waals surface area contributed by atoms with Crippen LogP contribution in [0.15, 0.2) is 76.7 Å². The first-order valence-corrected chi connectivity index (χ1v) is 15.5. The average Bonchev–Trinajstić information content (AvgIpc) is 3.52. The molecule has 1 fully saturated rings. The van der Waals surface area contributed by atoms with E-state index < -0.39 is 44.9 Å². The van der Waals surface area contributed by atoms with Gasteiger partial charge in [-0.3, -0.25) is 13.9 Å². The highest BCUT2D eigenvalue weighted by Gasteiger charge is 2.35. The van der Waals surface area contributed by atoms with Gasteiger partial charge in [0.15, 0.2) is 6.61 Å². The number of ether oxygens (including phenoxy) is 2. The molecule has 0 spiro atoms. The van der Waals surface area contributed by atoms with Crippen LogP contribution < -0.4 is 19.8 Å². The molecule has 0 radical (unpaired) electrons. The summed E-state index contributed by atoms with van der Waals surface area (Å²) < 4.78 is 79.1. The number of hydrazone groups is 1. The molecule has 0 saturated carbocycles. The van der Waals surface area contributed by atoms with E-state index in [0.717, 1.165) is 30.5 Å². The second kappa shape index (κ2) is 14.8. The van der Waals surface area contributed by atoms with Gasteiger partial charge in [-0.05, 0) is 79.9 Å². The van der Waals surface area contributed by atoms with Crippen molar-refractivity contribution in [3.05, 3.63) is 88.4 Å². The first kappa shape index (κ1) is 33.7. The fraction of sp³-hybridized carbons (Fsp3) is 0.300. The van der Waals surface area contributed by atoms with Crippen LogP contribution in [0.25, 0.3) is 0 Å². The molecule has 1 heterocycles. The smallest absolute Gasteiger partial charge is 0.417 e. The molecular weight excluding hydrogens is 637 g/mol. The number of benzene rings is 3. The van der Waals surface area contributed by atoms with Gasteiger partial charge >= 0.3 is 6.18 Å². The van der Waals surface area contributed by atoms with E-state index in [1.54, 1.807) is 31.2 Å². The van der Waals surface area contributed by atoms with Crippen LogP contribution in [0, 0.1) is 6.92 Å². The monoisotopic (exact) mass is 666 g/mol. The quantitative estimate of drug-likeness (QED) is 0.214. The molecule has 2 N–H and O–H groups in total. The molecular formula is C30H30ClF3N4O6S. The van der Waals surface area contributed by atoms with Crippen LogP contribution in [-0.4, -0.2) is 58.9 Å². The molecule has 10 nitrogen and oxygen atoms in total. The van der Waals surface area contributed by atoms with Crippen molar-refractivity contribution in [2.45, 2.75) is 36.9 Å². The third kappa shape index (κ3) is 9.42. The molecule has 1 aliphatic heterocycles. The number of amides is 2. The van der Waals surface area contributed by atoms with Crippen LogP contribution in [0.1, 0.15) is 29.5 Å². The minimum absolute atomic E-state index is 0.0216. The van der Waals surface area contributed by atoms with Gasteiger partial charge in [-0.25, -0.2) is 13.8 Å². The van der Waals surface area contributed by atoms with Crippen LogP contribution in [0.3, 0.4) is 0 Å². The second-order valence-corrected chi connectivity index (χ2v) is 12.3. The topological polar surface area (TPSA) is 126 Å². The first-order valence-electron chi connectivity index (χ1n) is 13.7. The van der Waals surface area contributed by atoms with Crippen LogP contribution in [0.2, 0.25) is 5.02 Å². The summed E-state index contributed by atoms with van der Waals surface area (Å²) in [6.07, 6.45) is -1.69. The first-order chi connectivity index (χ1) is 21.3. The third-order valence-electron chi connectivity index (χ3n) is 6.64. The van der Waals surface area contributed by atoms with Gasteiger partial charge in [0.25, 0.3) is 21.8 Å². The maximum atomic E-state index is 13.6. The van der Waals surface area contributed by atoms with Gasteiger partial charge < -0.3 is 14.8 Å². The van der Waals surface area contributed by atoms with E-state index in [4.69, 9.17) is 21.1 Å². The Morgan fingerprint density at radius 1 is 1.09 bits per heavy atom. The van der Waals surface area contributed by atoms with Crippen LogP contribution in [0.4, 0.5) is 18.9 Å². The average molecular weight is 667 g/mol. The van der Waals surface area contributed by atoms with E-state index in [-0.39, 0.29) is 23.5 Å². The lowest BCUT2D eigenvalue weighted by Crippen LogP contribution is -2.39. The van der Waals surface area contributed by atoms with E-state index in [9.17, 15) is 31.2 Å². The van der Waals surface area contributed by atoms with E-state index in [0.29, 0.717) is 34.8 Å². The highest BCUT2D eigenvalue weighted by molar-refractivity contribution is 7.92. The Morgan fingerprint density at radius 3 is 2.44 bits per heavy atom. The molecule has 15 heteroatoms. The molecule has 4 rings (SSSR count). The maximum Gasteiger partial charge on any atom is 0.417 e. The molecule has 0 bridgehead atoms. The molecule has 0 unspecified atom stereocenters. The number of carbonyl (C=O) groups is 2. The fourth-order valence-corrected chi connectivity index (χ4v) is 5.90. The standard InChI is InChI=1S/C30H30ClF3N4O6S/c1-20-4-11-25(12-5-20)45(41,42)38(22-8-13-27(31)26(15-22)30(32,33)34)18-28(39)37-36-16-21-6-9-23(10-7-21)44-19-29(40)35-17-24-3-2-14-43-24/h4-13,15-16,24H,2-3,14,17-19H2,1H3,(H,35,40)(H,37,39)/b36-16-/t24-/m0/s1. The zero-order valence-corrected chi connectivity index (χ0v) is 25.6. The number of hydrogen-bond donors (Lipinski definition) is 2. The Labute approximate surface area is 263 Å². The summed E-state index contributed by atoms with van der Waals surface area (Å²) in [7, 11) is -4.48. The van der Waals surface area contributed by atoms with Crippen molar-refractivity contribution in [2.24, 2.45) is 5.10 Å². The van der Waals surface area contributed by atoms with Gasteiger partial charge in [-0.2, -0.15) is 18.3 Å². The zero-order valence-electron chi connectivity index (χ0n) is 24.0. The molecule has 45 heavy (non-hydrogen) atoms. The molecule has 240 valence electrons. The number of sulfonamides is 1. The Hall–Kier alpha value is -4.14. The van der Waals surface area contributed by atoms with Crippen LogP contribution >= 0.6 is 11.6 Å². The molecule has 2 amide bonds. The summed E-state index contributed by atoms with van der Waals surface area (Å²) in [4.78, 5) is 24.6. The van der Waals surface area contributed by atoms with Crippen LogP contribution in [-0.2, 0) is 30.5 Å². The SMILES string of the molecule is Cc1ccc(S(=O)(=O)N(CC(=O)N/N=C\c2ccc(OCC(=O)NC[C@@H]3CCCO3)cc2)c2ccc(Cl)c(C(F)(F)F)c2)cc1. The van der Waals surface area contributed by atoms with Gasteiger partial charge in [-0.1, -0.05) is 29.3 Å². The normalized spacial score (nSPS) is 15.2. The number of halogens is 4. The number of nitrogens with zero attached hydrogens (tertiary/aromatic N) is 2. The van der Waals surface area contributed by atoms with Gasteiger partial charge in [0.1, 0.15) is 12.3 Å². The van der Waals surface area contributed by atoms with Crippen molar-refractivity contribution in [3.63, 3.8) is 0 Å². The second-order valence-electron chi connectivity index (χ2n) is 10.1. The van der Waals surface area contributed by atoms with Crippen molar-refractivity contribution in [1.82, 2.24) is 10.7 Å². The summed E-state index contributed by atoms with van der Waals surface area (Å²) in [6, 6.07) is 14.6. The van der Waals surface area contributed by atoms with Gasteiger partial charge in [0, 0.05) is 13.2 Å². The summed E-state index contributed by atoms with van der Waals surface area (Å²) in [6.45, 7) is 1.79. The molecule has 0 aliphatic carbocycles. The largest absolute Gasteiger partial charge is 0.484 e. The van der Waals surface area contributed by atoms with Crippen molar-refractivity contribution >= 4 is 45.3 Å². The summed E-state index contributed by atoms with van der Waals surface area (Å²) in [5.74, 6) is -0.786. The highest BCUT2D eigenvalue weighted by atomic mass is 35.5. The van der Waals surface area contributed by atoms with Gasteiger partial charge in [0.2, 0.25) is 0 Å². The Morgan fingerprint density at radius 2 is 1.80 bits per heavy atom. The Bertz CT molecular complexity index is 1630. The highest BCUT2D eigenvalue weighted by Crippen LogP contribution is 2.38. The van der Waals surface area contributed by atoms with Crippen molar-refractivity contribution in [1.29, 1.82) is 0 Å². The van der Waals surface area contributed by atoms with Crippen molar-refractivity contribution in [2.75, 3.05) is 30.6 Å². The summed E-state index contributed by atoms with van der Waals surface area (Å²) in [5, 5.41) is 5.96. The van der Waals surface area contributed by atoms with Crippen molar-refractivity contribution in [3.8, 4) is 5.75 Å². The summed E-state index contributed by atoms with van der Waals surface area (Å²) in [5.41, 5.74) is 1.81. The van der Waals surface area contributed by atoms with E-state index in [1.165, 1.54) is 30.5 Å². The fourth-order valence-electron chi connectivity index (χ4n) is 4.27. The number of hydrogen-bond acceptors (Lipinski definition) is 7. The number of alkyl halides is 3. The van der Waals surface area contributed by atoms with Crippen molar-refractivity contribution < 1.29 is 40.7 Å². The lowest BCUT2D eigenvalue weighted by molar-refractivity contribution is -0.137. The number of nitrogens with one attached hydrogen (secondary N) is 2. The lowest BCUT2D eigenvalue weighted by Gasteiger charge is -2.25. The maximum absolute atomic E-state index is 13.6. The van der Waals surface area contributed by atoms with Gasteiger partial charge in [0.05, 0.1) is 33.5 Å². The van der Waals surface area contributed by atoms with E-state index in [2.05, 4.69) is 15.8 Å². The third-order valence-corrected chi connectivity index (χ3v) is 8.76. The molecule has 1 aliphatic rings. The predicted octanol–water partition coefficient (Wildman–Crippen LogP) is 4.69. The predicted molar refractivity (Wildman–Crippen MR) is 162 cm³/mol. The molecule has 1 atom stereocenters.